The van der Waals surface area contributed by atoms with Crippen molar-refractivity contribution in [1.29, 1.82) is 0 Å². The van der Waals surface area contributed by atoms with E-state index in [4.69, 9.17) is 0 Å². The standard InChI is InChI=1S/C10H18O2/c1-3-9(11)10(12)6-4-8(2)5-7-10/h8,12H,3-7H2,1-2H3. The molecular weight excluding hydrogens is 152 g/mol. The van der Waals surface area contributed by atoms with Crippen molar-refractivity contribution in [2.45, 2.75) is 51.6 Å². The first-order valence-electron chi connectivity index (χ1n) is 4.84. The number of Topliss-reactive ketones (excluding diaryl/α,β-unsaturated/α-hetero) is 1. The Hall–Kier alpha value is -0.370. The highest BCUT2D eigenvalue weighted by Crippen LogP contribution is 2.32. The molecule has 1 aliphatic rings. The molecule has 0 spiro atoms. The Morgan fingerprint density at radius 2 is 2.00 bits per heavy atom. The van der Waals surface area contributed by atoms with Crippen molar-refractivity contribution >= 4 is 5.78 Å². The van der Waals surface area contributed by atoms with Crippen molar-refractivity contribution in [1.82, 2.24) is 0 Å². The maximum atomic E-state index is 11.3. The molecule has 2 nitrogen and oxygen atoms in total. The highest BCUT2D eigenvalue weighted by atomic mass is 16.3. The van der Waals surface area contributed by atoms with Crippen LogP contribution in [0.2, 0.25) is 0 Å². The number of ketones is 1. The lowest BCUT2D eigenvalue weighted by molar-refractivity contribution is -0.141. The van der Waals surface area contributed by atoms with Crippen LogP contribution in [-0.4, -0.2) is 16.5 Å². The van der Waals surface area contributed by atoms with E-state index in [1.807, 2.05) is 6.92 Å². The monoisotopic (exact) mass is 170 g/mol. The zero-order valence-corrected chi connectivity index (χ0v) is 7.97. The van der Waals surface area contributed by atoms with Crippen LogP contribution >= 0.6 is 0 Å². The van der Waals surface area contributed by atoms with Crippen LogP contribution in [0.15, 0.2) is 0 Å². The van der Waals surface area contributed by atoms with Crippen molar-refractivity contribution in [2.75, 3.05) is 0 Å². The summed E-state index contributed by atoms with van der Waals surface area (Å²) >= 11 is 0. The number of aliphatic hydroxyl groups is 1. The van der Waals surface area contributed by atoms with E-state index < -0.39 is 5.60 Å². The fraction of sp³-hybridized carbons (Fsp3) is 0.900. The van der Waals surface area contributed by atoms with Crippen LogP contribution in [0.1, 0.15) is 46.0 Å². The Morgan fingerprint density at radius 1 is 1.50 bits per heavy atom. The summed E-state index contributed by atoms with van der Waals surface area (Å²) in [6, 6.07) is 0. The van der Waals surface area contributed by atoms with Crippen LogP contribution in [-0.2, 0) is 4.79 Å². The van der Waals surface area contributed by atoms with Crippen LogP contribution in [0.4, 0.5) is 0 Å². The first-order chi connectivity index (χ1) is 5.58. The van der Waals surface area contributed by atoms with Gasteiger partial charge in [0.1, 0.15) is 5.60 Å². The Bertz CT molecular complexity index is 167. The molecule has 2 heteroatoms. The molecule has 0 aromatic rings. The summed E-state index contributed by atoms with van der Waals surface area (Å²) in [7, 11) is 0. The van der Waals surface area contributed by atoms with Crippen molar-refractivity contribution in [2.24, 2.45) is 5.92 Å². The van der Waals surface area contributed by atoms with E-state index in [0.717, 1.165) is 12.8 Å². The van der Waals surface area contributed by atoms with Gasteiger partial charge in [-0.3, -0.25) is 4.79 Å². The van der Waals surface area contributed by atoms with Gasteiger partial charge in [-0.05, 0) is 31.6 Å². The summed E-state index contributed by atoms with van der Waals surface area (Å²) < 4.78 is 0. The maximum Gasteiger partial charge on any atom is 0.164 e. The number of hydrogen-bond donors (Lipinski definition) is 1. The van der Waals surface area contributed by atoms with E-state index in [9.17, 15) is 9.90 Å². The molecule has 1 N–H and O–H groups in total. The van der Waals surface area contributed by atoms with Crippen LogP contribution in [0.5, 0.6) is 0 Å². The summed E-state index contributed by atoms with van der Waals surface area (Å²) in [5.41, 5.74) is -0.971. The molecule has 1 fully saturated rings. The predicted molar refractivity (Wildman–Crippen MR) is 47.9 cm³/mol. The SMILES string of the molecule is CCC(=O)C1(O)CCC(C)CC1. The van der Waals surface area contributed by atoms with Gasteiger partial charge in [0, 0.05) is 6.42 Å². The number of carbonyl (C=O) groups excluding carboxylic acids is 1. The molecule has 0 aromatic carbocycles. The topological polar surface area (TPSA) is 37.3 Å². The molecule has 1 aliphatic carbocycles. The second kappa shape index (κ2) is 3.56. The Labute approximate surface area is 74.0 Å². The Balaban J connectivity index is 2.55. The molecule has 0 amide bonds. The summed E-state index contributed by atoms with van der Waals surface area (Å²) in [4.78, 5) is 11.3. The molecule has 0 atom stereocenters. The number of hydrogen-bond acceptors (Lipinski definition) is 2. The second-order valence-corrected chi connectivity index (χ2v) is 3.99. The normalized spacial score (nSPS) is 36.4. The van der Waals surface area contributed by atoms with Crippen molar-refractivity contribution < 1.29 is 9.90 Å². The predicted octanol–water partition coefficient (Wildman–Crippen LogP) is 1.91. The molecule has 1 saturated carbocycles. The van der Waals surface area contributed by atoms with E-state index in [1.54, 1.807) is 0 Å². The third kappa shape index (κ3) is 1.86. The lowest BCUT2D eigenvalue weighted by Gasteiger charge is -2.33. The van der Waals surface area contributed by atoms with Gasteiger partial charge in [0.25, 0.3) is 0 Å². The molecular formula is C10H18O2. The summed E-state index contributed by atoms with van der Waals surface area (Å²) in [5.74, 6) is 0.698. The minimum absolute atomic E-state index is 0.0226. The zero-order valence-electron chi connectivity index (χ0n) is 7.97. The second-order valence-electron chi connectivity index (χ2n) is 3.99. The van der Waals surface area contributed by atoms with Crippen molar-refractivity contribution in [3.05, 3.63) is 0 Å². The molecule has 0 aliphatic heterocycles. The average molecular weight is 170 g/mol. The van der Waals surface area contributed by atoms with Gasteiger partial charge in [0.05, 0.1) is 0 Å². The highest BCUT2D eigenvalue weighted by molar-refractivity contribution is 5.86. The van der Waals surface area contributed by atoms with Gasteiger partial charge in [0.15, 0.2) is 5.78 Å². The van der Waals surface area contributed by atoms with Gasteiger partial charge < -0.3 is 5.11 Å². The average Bonchev–Trinajstić information content (AvgIpc) is 2.09. The van der Waals surface area contributed by atoms with E-state index in [-0.39, 0.29) is 5.78 Å². The van der Waals surface area contributed by atoms with E-state index >= 15 is 0 Å². The Kier molecular flexibility index (Phi) is 2.89. The molecule has 0 unspecified atom stereocenters. The van der Waals surface area contributed by atoms with Gasteiger partial charge >= 0.3 is 0 Å². The zero-order chi connectivity index (χ0) is 9.19. The summed E-state index contributed by atoms with van der Waals surface area (Å²) in [5, 5.41) is 9.91. The fourth-order valence-electron chi connectivity index (χ4n) is 1.85. The van der Waals surface area contributed by atoms with Gasteiger partial charge in [-0.1, -0.05) is 13.8 Å². The quantitative estimate of drug-likeness (QED) is 0.687. The molecule has 0 aromatic heterocycles. The number of carbonyl (C=O) groups is 1. The van der Waals surface area contributed by atoms with E-state index in [2.05, 4.69) is 6.92 Å². The smallest absolute Gasteiger partial charge is 0.164 e. The molecule has 0 bridgehead atoms. The molecule has 1 rings (SSSR count). The first-order valence-corrected chi connectivity index (χ1v) is 4.84. The lowest BCUT2D eigenvalue weighted by Crippen LogP contribution is -2.41. The first kappa shape index (κ1) is 9.72. The van der Waals surface area contributed by atoms with Gasteiger partial charge in [-0.25, -0.2) is 0 Å². The van der Waals surface area contributed by atoms with E-state index in [1.165, 1.54) is 0 Å². The largest absolute Gasteiger partial charge is 0.382 e. The van der Waals surface area contributed by atoms with Crippen molar-refractivity contribution in [3.63, 3.8) is 0 Å². The minimum Gasteiger partial charge on any atom is -0.382 e. The lowest BCUT2D eigenvalue weighted by atomic mass is 9.77. The maximum absolute atomic E-state index is 11.3. The van der Waals surface area contributed by atoms with Gasteiger partial charge in [0.2, 0.25) is 0 Å². The number of rotatable bonds is 2. The fourth-order valence-corrected chi connectivity index (χ4v) is 1.85. The molecule has 70 valence electrons. The third-order valence-corrected chi connectivity index (χ3v) is 2.94. The molecule has 0 heterocycles. The third-order valence-electron chi connectivity index (χ3n) is 2.94. The molecule has 0 saturated heterocycles. The van der Waals surface area contributed by atoms with Crippen LogP contribution in [0.3, 0.4) is 0 Å². The highest BCUT2D eigenvalue weighted by Gasteiger charge is 2.37. The Morgan fingerprint density at radius 3 is 2.42 bits per heavy atom. The molecule has 12 heavy (non-hydrogen) atoms. The van der Waals surface area contributed by atoms with Crippen LogP contribution < -0.4 is 0 Å². The van der Waals surface area contributed by atoms with Gasteiger partial charge in [-0.15, -0.1) is 0 Å². The minimum atomic E-state index is -0.971. The summed E-state index contributed by atoms with van der Waals surface area (Å²) in [6.07, 6.45) is 3.77. The van der Waals surface area contributed by atoms with Crippen LogP contribution in [0.25, 0.3) is 0 Å². The van der Waals surface area contributed by atoms with Crippen LogP contribution in [0, 0.1) is 5.92 Å². The molecule has 0 radical (unpaired) electrons. The van der Waals surface area contributed by atoms with E-state index in [0.29, 0.717) is 25.2 Å². The van der Waals surface area contributed by atoms with Gasteiger partial charge in [-0.2, -0.15) is 0 Å². The van der Waals surface area contributed by atoms with Crippen molar-refractivity contribution in [3.8, 4) is 0 Å². The summed E-state index contributed by atoms with van der Waals surface area (Å²) in [6.45, 7) is 3.99.